The van der Waals surface area contributed by atoms with Gasteiger partial charge >= 0.3 is 0 Å². The molecule has 124 valence electrons. The lowest BCUT2D eigenvalue weighted by Gasteiger charge is -2.08. The summed E-state index contributed by atoms with van der Waals surface area (Å²) in [6.45, 7) is 4.13. The molecule has 2 aromatic heterocycles. The zero-order chi connectivity index (χ0) is 17.1. The first kappa shape index (κ1) is 15.9. The van der Waals surface area contributed by atoms with Crippen LogP contribution in [0.4, 0.5) is 16.0 Å². The number of carbonyl (C=O) groups is 1. The summed E-state index contributed by atoms with van der Waals surface area (Å²) in [7, 11) is 0. The maximum Gasteiger partial charge on any atom is 0.225 e. The Morgan fingerprint density at radius 2 is 1.96 bits per heavy atom. The van der Waals surface area contributed by atoms with E-state index in [0.29, 0.717) is 35.9 Å². The Morgan fingerprint density at radius 1 is 1.21 bits per heavy atom. The maximum atomic E-state index is 12.9. The number of aryl methyl sites for hydroxylation is 1. The number of hydrogen-bond donors (Lipinski definition) is 2. The Balaban J connectivity index is 1.82. The summed E-state index contributed by atoms with van der Waals surface area (Å²) in [6, 6.07) is 9.92. The van der Waals surface area contributed by atoms with Crippen molar-refractivity contribution in [3.05, 3.63) is 53.5 Å². The third-order valence-corrected chi connectivity index (χ3v) is 3.62. The van der Waals surface area contributed by atoms with E-state index in [2.05, 4.69) is 20.7 Å². The van der Waals surface area contributed by atoms with Crippen LogP contribution < -0.4 is 10.6 Å². The number of rotatable bonds is 5. The lowest BCUT2D eigenvalue weighted by atomic mass is 10.2. The molecule has 0 aliphatic heterocycles. The number of hydrogen-bond acceptors (Lipinski definition) is 4. The van der Waals surface area contributed by atoms with E-state index in [1.54, 1.807) is 23.6 Å². The molecule has 1 aromatic carbocycles. The van der Waals surface area contributed by atoms with Gasteiger partial charge in [0.15, 0.2) is 11.5 Å². The second kappa shape index (κ2) is 6.66. The van der Waals surface area contributed by atoms with Gasteiger partial charge in [-0.15, -0.1) is 5.10 Å². The SMILES string of the molecule is CCC(=O)Nc1c(C)nc2ccc(NCc3ccc(F)cc3)nn12. The van der Waals surface area contributed by atoms with E-state index in [1.165, 1.54) is 12.1 Å². The van der Waals surface area contributed by atoms with Crippen LogP contribution in [0.2, 0.25) is 0 Å². The van der Waals surface area contributed by atoms with Crippen molar-refractivity contribution in [2.45, 2.75) is 26.8 Å². The molecule has 2 N–H and O–H groups in total. The lowest BCUT2D eigenvalue weighted by Crippen LogP contribution is -2.13. The zero-order valence-corrected chi connectivity index (χ0v) is 13.5. The molecule has 3 rings (SSSR count). The molecule has 0 atom stereocenters. The summed E-state index contributed by atoms with van der Waals surface area (Å²) in [5.41, 5.74) is 2.31. The number of fused-ring (bicyclic) bond motifs is 1. The molecule has 2 heterocycles. The molecule has 0 bridgehead atoms. The predicted octanol–water partition coefficient (Wildman–Crippen LogP) is 3.14. The third-order valence-electron chi connectivity index (χ3n) is 3.62. The Morgan fingerprint density at radius 3 is 2.67 bits per heavy atom. The highest BCUT2D eigenvalue weighted by Crippen LogP contribution is 2.18. The number of anilines is 2. The number of benzene rings is 1. The molecule has 0 saturated heterocycles. The van der Waals surface area contributed by atoms with Crippen LogP contribution in [-0.2, 0) is 11.3 Å². The Labute approximate surface area is 138 Å². The van der Waals surface area contributed by atoms with Gasteiger partial charge in [0.25, 0.3) is 0 Å². The first-order chi connectivity index (χ1) is 11.6. The predicted molar refractivity (Wildman–Crippen MR) is 90.4 cm³/mol. The molecule has 6 nitrogen and oxygen atoms in total. The van der Waals surface area contributed by atoms with Crippen molar-refractivity contribution in [2.24, 2.45) is 0 Å². The number of nitrogens with one attached hydrogen (secondary N) is 2. The molecule has 0 unspecified atom stereocenters. The lowest BCUT2D eigenvalue weighted by molar-refractivity contribution is -0.115. The van der Waals surface area contributed by atoms with Crippen molar-refractivity contribution in [2.75, 3.05) is 10.6 Å². The second-order valence-corrected chi connectivity index (χ2v) is 5.42. The largest absolute Gasteiger partial charge is 0.365 e. The fourth-order valence-corrected chi connectivity index (χ4v) is 2.30. The Bertz CT molecular complexity index is 873. The van der Waals surface area contributed by atoms with Gasteiger partial charge < -0.3 is 10.6 Å². The van der Waals surface area contributed by atoms with Crippen molar-refractivity contribution < 1.29 is 9.18 Å². The van der Waals surface area contributed by atoms with Gasteiger partial charge in [0.05, 0.1) is 5.69 Å². The minimum atomic E-state index is -0.261. The van der Waals surface area contributed by atoms with E-state index in [0.717, 1.165) is 5.56 Å². The smallest absolute Gasteiger partial charge is 0.225 e. The van der Waals surface area contributed by atoms with E-state index in [9.17, 15) is 9.18 Å². The van der Waals surface area contributed by atoms with Crippen LogP contribution >= 0.6 is 0 Å². The molecular formula is C17H18FN5O. The first-order valence-corrected chi connectivity index (χ1v) is 7.71. The number of amides is 1. The highest BCUT2D eigenvalue weighted by atomic mass is 19.1. The molecule has 1 amide bonds. The highest BCUT2D eigenvalue weighted by Gasteiger charge is 2.12. The monoisotopic (exact) mass is 327 g/mol. The van der Waals surface area contributed by atoms with Gasteiger partial charge in [0.1, 0.15) is 11.6 Å². The summed E-state index contributed by atoms with van der Waals surface area (Å²) < 4.78 is 14.5. The van der Waals surface area contributed by atoms with Gasteiger partial charge in [-0.1, -0.05) is 19.1 Å². The summed E-state index contributed by atoms with van der Waals surface area (Å²) in [5, 5.41) is 10.5. The molecule has 0 radical (unpaired) electrons. The first-order valence-electron chi connectivity index (χ1n) is 7.71. The van der Waals surface area contributed by atoms with Crippen LogP contribution in [0.3, 0.4) is 0 Å². The number of halogens is 1. The second-order valence-electron chi connectivity index (χ2n) is 5.42. The fraction of sp³-hybridized carbons (Fsp3) is 0.235. The van der Waals surface area contributed by atoms with Gasteiger partial charge in [-0.25, -0.2) is 9.37 Å². The Kier molecular flexibility index (Phi) is 4.41. The maximum absolute atomic E-state index is 12.9. The molecule has 0 fully saturated rings. The van der Waals surface area contributed by atoms with E-state index < -0.39 is 0 Å². The summed E-state index contributed by atoms with van der Waals surface area (Å²) in [6.07, 6.45) is 0.384. The molecule has 0 spiro atoms. The van der Waals surface area contributed by atoms with Crippen molar-refractivity contribution in [3.63, 3.8) is 0 Å². The van der Waals surface area contributed by atoms with Gasteiger partial charge in [-0.05, 0) is 36.8 Å². The molecule has 0 saturated carbocycles. The molecular weight excluding hydrogens is 309 g/mol. The van der Waals surface area contributed by atoms with E-state index in [4.69, 9.17) is 0 Å². The fourth-order valence-electron chi connectivity index (χ4n) is 2.30. The van der Waals surface area contributed by atoms with Crippen molar-refractivity contribution in [3.8, 4) is 0 Å². The van der Waals surface area contributed by atoms with Gasteiger partial charge in [-0.3, -0.25) is 4.79 Å². The number of nitrogens with zero attached hydrogens (tertiary/aromatic N) is 3. The quantitative estimate of drug-likeness (QED) is 0.755. The van der Waals surface area contributed by atoms with Gasteiger partial charge in [0, 0.05) is 13.0 Å². The molecule has 7 heteroatoms. The summed E-state index contributed by atoms with van der Waals surface area (Å²) >= 11 is 0. The van der Waals surface area contributed by atoms with E-state index in [-0.39, 0.29) is 11.7 Å². The Hall–Kier alpha value is -2.96. The summed E-state index contributed by atoms with van der Waals surface area (Å²) in [5.74, 6) is 0.855. The van der Waals surface area contributed by atoms with Crippen LogP contribution in [0, 0.1) is 12.7 Å². The topological polar surface area (TPSA) is 71.3 Å². The molecule has 0 aliphatic carbocycles. The molecule has 24 heavy (non-hydrogen) atoms. The van der Waals surface area contributed by atoms with Crippen LogP contribution in [0.15, 0.2) is 36.4 Å². The van der Waals surface area contributed by atoms with Crippen LogP contribution in [0.5, 0.6) is 0 Å². The zero-order valence-electron chi connectivity index (χ0n) is 13.5. The molecule has 3 aromatic rings. The van der Waals surface area contributed by atoms with Crippen molar-refractivity contribution >= 4 is 23.2 Å². The minimum absolute atomic E-state index is 0.0913. The van der Waals surface area contributed by atoms with Crippen molar-refractivity contribution in [1.82, 2.24) is 14.6 Å². The average Bonchev–Trinajstić information content (AvgIpc) is 2.89. The summed E-state index contributed by atoms with van der Waals surface area (Å²) in [4.78, 5) is 16.1. The third kappa shape index (κ3) is 3.34. The highest BCUT2D eigenvalue weighted by molar-refractivity contribution is 5.90. The minimum Gasteiger partial charge on any atom is -0.365 e. The van der Waals surface area contributed by atoms with Crippen LogP contribution in [0.25, 0.3) is 5.65 Å². The van der Waals surface area contributed by atoms with Crippen molar-refractivity contribution in [1.29, 1.82) is 0 Å². The normalized spacial score (nSPS) is 10.8. The van der Waals surface area contributed by atoms with Crippen LogP contribution in [0.1, 0.15) is 24.6 Å². The van der Waals surface area contributed by atoms with Gasteiger partial charge in [0.2, 0.25) is 5.91 Å². The van der Waals surface area contributed by atoms with E-state index >= 15 is 0 Å². The number of aromatic nitrogens is 3. The van der Waals surface area contributed by atoms with E-state index in [1.807, 2.05) is 19.1 Å². The molecule has 0 aliphatic rings. The number of imidazole rings is 1. The number of carbonyl (C=O) groups excluding carboxylic acids is 1. The average molecular weight is 327 g/mol. The van der Waals surface area contributed by atoms with Gasteiger partial charge in [-0.2, -0.15) is 4.52 Å². The standard InChI is InChI=1S/C17H18FN5O/c1-3-16(24)21-17-11(2)20-15-9-8-14(22-23(15)17)19-10-12-4-6-13(18)7-5-12/h4-9H,3,10H2,1-2H3,(H,19,22)(H,21,24). The van der Waals surface area contributed by atoms with Crippen LogP contribution in [-0.4, -0.2) is 20.5 Å².